The third kappa shape index (κ3) is 2.77. The van der Waals surface area contributed by atoms with E-state index in [9.17, 15) is 4.79 Å². The summed E-state index contributed by atoms with van der Waals surface area (Å²) in [6.45, 7) is 13.3. The molecule has 0 radical (unpaired) electrons. The Labute approximate surface area is 146 Å². The first-order valence-corrected chi connectivity index (χ1v) is 8.87. The molecule has 0 fully saturated rings. The van der Waals surface area contributed by atoms with Crippen molar-refractivity contribution in [3.63, 3.8) is 0 Å². The molecule has 2 aromatic rings. The number of aromatic nitrogens is 2. The molecule has 2 aromatic heterocycles. The van der Waals surface area contributed by atoms with Crippen LogP contribution < -0.4 is 0 Å². The Kier molecular flexibility index (Phi) is 3.87. The lowest BCUT2D eigenvalue weighted by atomic mass is 9.69. The molecule has 2 N–H and O–H groups in total. The van der Waals surface area contributed by atoms with Gasteiger partial charge in [0.2, 0.25) is 5.69 Å². The van der Waals surface area contributed by atoms with Crippen molar-refractivity contribution in [2.45, 2.75) is 51.4 Å². The van der Waals surface area contributed by atoms with E-state index in [0.717, 1.165) is 29.0 Å². The van der Waals surface area contributed by atoms with Gasteiger partial charge in [0.25, 0.3) is 0 Å². The number of thiazole rings is 1. The molecular formula is C19H23N2O2S+. The number of nitrogens with zero attached hydrogens (tertiary/aromatic N) is 2. The second-order valence-corrected chi connectivity index (χ2v) is 8.70. The number of rotatable bonds is 3. The molecule has 0 atom stereocenters. The summed E-state index contributed by atoms with van der Waals surface area (Å²) in [7, 11) is 0. The molecule has 0 aliphatic heterocycles. The highest BCUT2D eigenvalue weighted by atomic mass is 32.1. The van der Waals surface area contributed by atoms with Crippen LogP contribution >= 0.6 is 11.3 Å². The summed E-state index contributed by atoms with van der Waals surface area (Å²) in [4.78, 5) is 21.4. The van der Waals surface area contributed by atoms with Gasteiger partial charge in [-0.1, -0.05) is 40.3 Å². The molecule has 4 nitrogen and oxygen atoms in total. The lowest BCUT2D eigenvalue weighted by molar-refractivity contribution is 0.0690. The molecule has 3 rings (SSSR count). The van der Waals surface area contributed by atoms with Crippen LogP contribution in [0.2, 0.25) is 0 Å². The molecule has 0 saturated carbocycles. The van der Waals surface area contributed by atoms with E-state index in [1.807, 2.05) is 0 Å². The van der Waals surface area contributed by atoms with E-state index in [0.29, 0.717) is 0 Å². The largest absolute Gasteiger partial charge is 0.567 e. The van der Waals surface area contributed by atoms with Crippen molar-refractivity contribution in [2.75, 3.05) is 0 Å². The third-order valence-electron chi connectivity index (χ3n) is 4.86. The molecule has 0 unspecified atom stereocenters. The van der Waals surface area contributed by atoms with Crippen LogP contribution in [0.15, 0.2) is 24.9 Å². The Morgan fingerprint density at radius 2 is 1.88 bits per heavy atom. The zero-order valence-electron chi connectivity index (χ0n) is 14.6. The van der Waals surface area contributed by atoms with Crippen LogP contribution in [0.4, 0.5) is 0 Å². The average molecular weight is 343 g/mol. The van der Waals surface area contributed by atoms with Crippen LogP contribution in [0.5, 0.6) is 0 Å². The normalized spacial score (nSPS) is 18.0. The first-order valence-electron chi connectivity index (χ1n) is 8.05. The molecule has 126 valence electrons. The van der Waals surface area contributed by atoms with Crippen molar-refractivity contribution in [1.29, 1.82) is 0 Å². The maximum absolute atomic E-state index is 11.0. The molecule has 24 heavy (non-hydrogen) atoms. The van der Waals surface area contributed by atoms with E-state index >= 15 is 0 Å². The first-order chi connectivity index (χ1) is 11.1. The maximum Gasteiger partial charge on any atom is 0.567 e. The Balaban J connectivity index is 2.00. The van der Waals surface area contributed by atoms with Crippen molar-refractivity contribution < 1.29 is 9.90 Å². The topological polar surface area (TPSA) is 65.8 Å². The van der Waals surface area contributed by atoms with Crippen molar-refractivity contribution >= 4 is 22.9 Å². The smallest absolute Gasteiger partial charge is 0.560 e. The number of hydrogen-bond acceptors (Lipinski definition) is 4. The molecule has 2 heterocycles. The number of carbonyl (C=O) groups is 1. The predicted molar refractivity (Wildman–Crippen MR) is 97.7 cm³/mol. The summed E-state index contributed by atoms with van der Waals surface area (Å²) in [5, 5.41) is 8.01. The first kappa shape index (κ1) is 16.8. The van der Waals surface area contributed by atoms with E-state index in [2.05, 4.69) is 39.3 Å². The van der Waals surface area contributed by atoms with Crippen molar-refractivity contribution in [3.8, 4) is 0 Å². The highest BCUT2D eigenvalue weighted by molar-refractivity contribution is 7.13. The van der Waals surface area contributed by atoms with Gasteiger partial charge >= 0.3 is 5.97 Å². The van der Waals surface area contributed by atoms with Crippen molar-refractivity contribution in [2.24, 2.45) is 0 Å². The zero-order valence-corrected chi connectivity index (χ0v) is 15.4. The van der Waals surface area contributed by atoms with Gasteiger partial charge in [0.1, 0.15) is 5.01 Å². The van der Waals surface area contributed by atoms with E-state index in [1.54, 1.807) is 29.7 Å². The van der Waals surface area contributed by atoms with Gasteiger partial charge in [-0.15, -0.1) is 11.3 Å². The van der Waals surface area contributed by atoms with E-state index < -0.39 is 5.97 Å². The number of pyridine rings is 1. The van der Waals surface area contributed by atoms with Crippen LogP contribution in [0.3, 0.4) is 0 Å². The summed E-state index contributed by atoms with van der Waals surface area (Å²) in [5.41, 5.74) is 3.21. The highest BCUT2D eigenvalue weighted by Gasteiger charge is 2.40. The van der Waals surface area contributed by atoms with Gasteiger partial charge in [-0.3, -0.25) is 0 Å². The minimum absolute atomic E-state index is 0.0830. The summed E-state index contributed by atoms with van der Waals surface area (Å²) < 4.78 is 0. The average Bonchev–Trinajstić information content (AvgIpc) is 2.99. The van der Waals surface area contributed by atoms with Gasteiger partial charge in [0.15, 0.2) is 0 Å². The van der Waals surface area contributed by atoms with Gasteiger partial charge in [-0.2, -0.15) is 0 Å². The standard InChI is InChI=1S/C19H22N2O2S/c1-11(12-6-7-13(17(22)23)20-10-12)16-21-14-15(24-16)19(4,5)9-8-18(14,2)3/h6-7,10H,1,8-9H2,2-5H3,(H,22,23)/p+1. The Morgan fingerprint density at radius 1 is 1.21 bits per heavy atom. The minimum Gasteiger partial charge on any atom is -0.560 e. The monoisotopic (exact) mass is 343 g/mol. The van der Waals surface area contributed by atoms with Gasteiger partial charge in [-0.25, -0.2) is 9.97 Å². The third-order valence-corrected chi connectivity index (χ3v) is 6.34. The Bertz CT molecular complexity index is 783. The molecule has 1 aliphatic carbocycles. The summed E-state index contributed by atoms with van der Waals surface area (Å²) >= 11 is 1.72. The van der Waals surface area contributed by atoms with Crippen molar-refractivity contribution in [1.82, 2.24) is 9.97 Å². The van der Waals surface area contributed by atoms with E-state index in [1.165, 1.54) is 10.6 Å². The second kappa shape index (κ2) is 5.52. The van der Waals surface area contributed by atoms with Crippen LogP contribution in [0.1, 0.15) is 72.2 Å². The molecule has 0 amide bonds. The SMILES string of the molecule is C=C(c1ccc(C(=O)[OH2+])nc1)c1nc2c(s1)C(C)(C)CCC2(C)C. The quantitative estimate of drug-likeness (QED) is 0.796. The zero-order chi connectivity index (χ0) is 17.7. The number of hydrogen-bond donors (Lipinski definition) is 0. The predicted octanol–water partition coefficient (Wildman–Crippen LogP) is 3.81. The van der Waals surface area contributed by atoms with Crippen LogP contribution in [-0.2, 0) is 10.8 Å². The number of carbonyl (C=O) groups excluding carboxylic acids is 1. The van der Waals surface area contributed by atoms with Crippen LogP contribution in [-0.4, -0.2) is 21.0 Å². The summed E-state index contributed by atoms with van der Waals surface area (Å²) in [6, 6.07) is 3.35. The molecule has 0 spiro atoms. The van der Waals surface area contributed by atoms with Crippen molar-refractivity contribution in [3.05, 3.63) is 51.7 Å². The van der Waals surface area contributed by atoms with Gasteiger partial charge < -0.3 is 5.11 Å². The van der Waals surface area contributed by atoms with E-state index in [4.69, 9.17) is 10.1 Å². The minimum atomic E-state index is -0.777. The fourth-order valence-electron chi connectivity index (χ4n) is 3.05. The van der Waals surface area contributed by atoms with Gasteiger partial charge in [-0.05, 0) is 18.9 Å². The van der Waals surface area contributed by atoms with Crippen LogP contribution in [0, 0.1) is 0 Å². The fraction of sp³-hybridized carbons (Fsp3) is 0.421. The number of fused-ring (bicyclic) bond motifs is 1. The molecular weight excluding hydrogens is 320 g/mol. The fourth-order valence-corrected chi connectivity index (χ4v) is 4.42. The van der Waals surface area contributed by atoms with Gasteiger partial charge in [0.05, 0.1) is 5.69 Å². The second-order valence-electron chi connectivity index (χ2n) is 7.70. The lowest BCUT2D eigenvalue weighted by Gasteiger charge is -2.37. The molecule has 1 aliphatic rings. The molecule has 0 saturated heterocycles. The molecule has 0 bridgehead atoms. The van der Waals surface area contributed by atoms with Gasteiger partial charge in [0, 0.05) is 37.8 Å². The molecule has 5 heteroatoms. The summed E-state index contributed by atoms with van der Waals surface area (Å²) in [5.74, 6) is -0.777. The maximum atomic E-state index is 11.0. The Morgan fingerprint density at radius 3 is 2.42 bits per heavy atom. The highest BCUT2D eigenvalue weighted by Crippen LogP contribution is 2.48. The lowest BCUT2D eigenvalue weighted by Crippen LogP contribution is -2.32. The summed E-state index contributed by atoms with van der Waals surface area (Å²) in [6.07, 6.45) is 3.88. The Hall–Kier alpha value is -2.01. The van der Waals surface area contributed by atoms with E-state index in [-0.39, 0.29) is 16.5 Å². The van der Waals surface area contributed by atoms with Crippen LogP contribution in [0.25, 0.3) is 5.57 Å². The molecule has 0 aromatic carbocycles.